The fraction of sp³-hybridized carbons (Fsp3) is 0.350. The van der Waals surface area contributed by atoms with Gasteiger partial charge >= 0.3 is 0 Å². The number of amides is 1. The molecule has 1 aliphatic heterocycles. The van der Waals surface area contributed by atoms with Gasteiger partial charge in [0, 0.05) is 37.4 Å². The summed E-state index contributed by atoms with van der Waals surface area (Å²) in [5.74, 6) is 1.24. The van der Waals surface area contributed by atoms with Crippen molar-refractivity contribution in [3.63, 3.8) is 0 Å². The third kappa shape index (κ3) is 3.55. The Morgan fingerprint density at radius 3 is 2.24 bits per heavy atom. The number of nitrogens with zero attached hydrogens (tertiary/aromatic N) is 2. The number of carbonyl (C=O) groups excluding carboxylic acids is 1. The van der Waals surface area contributed by atoms with E-state index in [1.807, 2.05) is 4.90 Å². The van der Waals surface area contributed by atoms with Crippen LogP contribution in [0.3, 0.4) is 0 Å². The molecule has 0 atom stereocenters. The molecule has 0 spiro atoms. The Bertz CT molecular complexity index is 752. The number of rotatable bonds is 4. The Kier molecular flexibility index (Phi) is 5.12. The molecule has 5 heteroatoms. The Balaban J connectivity index is 1.69. The summed E-state index contributed by atoms with van der Waals surface area (Å²) in [6, 6.07) is 13.7. The van der Waals surface area contributed by atoms with Crippen LogP contribution < -0.4 is 14.4 Å². The van der Waals surface area contributed by atoms with Gasteiger partial charge in [-0.25, -0.2) is 0 Å². The zero-order chi connectivity index (χ0) is 17.8. The largest absolute Gasteiger partial charge is 0.493 e. The number of piperazine rings is 1. The third-order valence-electron chi connectivity index (χ3n) is 4.65. The average Bonchev–Trinajstić information content (AvgIpc) is 2.67. The molecule has 1 aliphatic rings. The number of para-hydroxylation sites is 1. The number of hydrogen-bond donors (Lipinski definition) is 0. The highest BCUT2D eigenvalue weighted by Crippen LogP contribution is 2.28. The molecule has 1 fully saturated rings. The number of anilines is 1. The van der Waals surface area contributed by atoms with Crippen molar-refractivity contribution in [1.82, 2.24) is 4.90 Å². The van der Waals surface area contributed by atoms with Crippen molar-refractivity contribution in [3.8, 4) is 11.5 Å². The Labute approximate surface area is 148 Å². The molecular weight excluding hydrogens is 316 g/mol. The molecule has 1 amide bonds. The molecule has 2 aromatic rings. The molecule has 0 aromatic heterocycles. The van der Waals surface area contributed by atoms with Gasteiger partial charge in [-0.05, 0) is 36.8 Å². The lowest BCUT2D eigenvalue weighted by molar-refractivity contribution is 0.0746. The third-order valence-corrected chi connectivity index (χ3v) is 4.65. The van der Waals surface area contributed by atoms with E-state index in [1.165, 1.54) is 11.3 Å². The molecule has 0 saturated carbocycles. The van der Waals surface area contributed by atoms with Gasteiger partial charge in [0.05, 0.1) is 14.2 Å². The average molecular weight is 340 g/mol. The molecule has 0 aliphatic carbocycles. The molecule has 5 nitrogen and oxygen atoms in total. The van der Waals surface area contributed by atoms with Crippen LogP contribution in [0.5, 0.6) is 11.5 Å². The van der Waals surface area contributed by atoms with Crippen LogP contribution in [0.1, 0.15) is 15.9 Å². The summed E-state index contributed by atoms with van der Waals surface area (Å²) in [5, 5.41) is 0. The maximum atomic E-state index is 12.8. The number of benzene rings is 2. The van der Waals surface area contributed by atoms with E-state index < -0.39 is 0 Å². The summed E-state index contributed by atoms with van der Waals surface area (Å²) in [7, 11) is 3.16. The molecule has 0 bridgehead atoms. The van der Waals surface area contributed by atoms with Crippen LogP contribution in [0.4, 0.5) is 5.69 Å². The highest BCUT2D eigenvalue weighted by atomic mass is 16.5. The van der Waals surface area contributed by atoms with Gasteiger partial charge in [0.2, 0.25) is 0 Å². The minimum Gasteiger partial charge on any atom is -0.493 e. The fourth-order valence-electron chi connectivity index (χ4n) is 3.22. The molecule has 1 heterocycles. The zero-order valence-corrected chi connectivity index (χ0v) is 15.0. The van der Waals surface area contributed by atoms with Crippen LogP contribution in [-0.2, 0) is 0 Å². The van der Waals surface area contributed by atoms with E-state index in [0.29, 0.717) is 30.2 Å². The van der Waals surface area contributed by atoms with Crippen molar-refractivity contribution in [2.45, 2.75) is 6.92 Å². The van der Waals surface area contributed by atoms with Gasteiger partial charge in [0.25, 0.3) is 5.91 Å². The molecule has 0 N–H and O–H groups in total. The lowest BCUT2D eigenvalue weighted by Gasteiger charge is -2.36. The molecule has 2 aromatic carbocycles. The maximum absolute atomic E-state index is 12.8. The SMILES string of the molecule is COc1ccc(C(=O)N2CCN(c3ccccc3C)CC2)cc1OC. The van der Waals surface area contributed by atoms with Gasteiger partial charge in [0.1, 0.15) is 0 Å². The first-order valence-corrected chi connectivity index (χ1v) is 8.46. The van der Waals surface area contributed by atoms with Gasteiger partial charge < -0.3 is 19.3 Å². The highest BCUT2D eigenvalue weighted by Gasteiger charge is 2.23. The predicted molar refractivity (Wildman–Crippen MR) is 98.8 cm³/mol. The quantitative estimate of drug-likeness (QED) is 0.858. The van der Waals surface area contributed by atoms with E-state index in [9.17, 15) is 4.79 Å². The second-order valence-electron chi connectivity index (χ2n) is 6.14. The van der Waals surface area contributed by atoms with E-state index in [-0.39, 0.29) is 5.91 Å². The van der Waals surface area contributed by atoms with Gasteiger partial charge in [-0.1, -0.05) is 18.2 Å². The summed E-state index contributed by atoms with van der Waals surface area (Å²) < 4.78 is 10.5. The van der Waals surface area contributed by atoms with Crippen molar-refractivity contribution in [2.75, 3.05) is 45.3 Å². The Morgan fingerprint density at radius 2 is 1.60 bits per heavy atom. The molecular formula is C20H24N2O3. The van der Waals surface area contributed by atoms with Crippen LogP contribution >= 0.6 is 0 Å². The first-order valence-electron chi connectivity index (χ1n) is 8.46. The molecule has 132 valence electrons. The smallest absolute Gasteiger partial charge is 0.254 e. The highest BCUT2D eigenvalue weighted by molar-refractivity contribution is 5.95. The monoisotopic (exact) mass is 340 g/mol. The Hall–Kier alpha value is -2.69. The molecule has 25 heavy (non-hydrogen) atoms. The van der Waals surface area contributed by atoms with Crippen molar-refractivity contribution in [2.24, 2.45) is 0 Å². The van der Waals surface area contributed by atoms with E-state index in [1.54, 1.807) is 32.4 Å². The van der Waals surface area contributed by atoms with Gasteiger partial charge in [-0.2, -0.15) is 0 Å². The second-order valence-corrected chi connectivity index (χ2v) is 6.14. The van der Waals surface area contributed by atoms with Crippen LogP contribution in [0.2, 0.25) is 0 Å². The van der Waals surface area contributed by atoms with Crippen LogP contribution in [0.15, 0.2) is 42.5 Å². The van der Waals surface area contributed by atoms with Crippen LogP contribution in [0.25, 0.3) is 0 Å². The minimum absolute atomic E-state index is 0.0328. The number of aryl methyl sites for hydroxylation is 1. The topological polar surface area (TPSA) is 42.0 Å². The first kappa shape index (κ1) is 17.1. The van der Waals surface area contributed by atoms with Gasteiger partial charge in [-0.3, -0.25) is 4.79 Å². The summed E-state index contributed by atoms with van der Waals surface area (Å²) in [6.07, 6.45) is 0. The summed E-state index contributed by atoms with van der Waals surface area (Å²) in [4.78, 5) is 17.0. The van der Waals surface area contributed by atoms with Gasteiger partial charge in [0.15, 0.2) is 11.5 Å². The van der Waals surface area contributed by atoms with Gasteiger partial charge in [-0.15, -0.1) is 0 Å². The maximum Gasteiger partial charge on any atom is 0.254 e. The summed E-state index contributed by atoms with van der Waals surface area (Å²) in [5.41, 5.74) is 3.14. The molecule has 1 saturated heterocycles. The second kappa shape index (κ2) is 7.47. The normalized spacial score (nSPS) is 14.4. The standard InChI is InChI=1S/C20H24N2O3/c1-15-6-4-5-7-17(15)21-10-12-22(13-11-21)20(23)16-8-9-18(24-2)19(14-16)25-3/h4-9,14H,10-13H2,1-3H3. The fourth-order valence-corrected chi connectivity index (χ4v) is 3.22. The molecule has 3 rings (SSSR count). The summed E-state index contributed by atoms with van der Waals surface area (Å²) >= 11 is 0. The van der Waals surface area contributed by atoms with E-state index in [0.717, 1.165) is 13.1 Å². The number of carbonyl (C=O) groups is 1. The van der Waals surface area contributed by atoms with Crippen LogP contribution in [0, 0.1) is 6.92 Å². The lowest BCUT2D eigenvalue weighted by atomic mass is 10.1. The minimum atomic E-state index is 0.0328. The van der Waals surface area contributed by atoms with Crippen molar-refractivity contribution < 1.29 is 14.3 Å². The Morgan fingerprint density at radius 1 is 0.920 bits per heavy atom. The summed E-state index contributed by atoms with van der Waals surface area (Å²) in [6.45, 7) is 5.22. The van der Waals surface area contributed by atoms with E-state index in [4.69, 9.17) is 9.47 Å². The zero-order valence-electron chi connectivity index (χ0n) is 15.0. The number of methoxy groups -OCH3 is 2. The van der Waals surface area contributed by atoms with Crippen LogP contribution in [-0.4, -0.2) is 51.2 Å². The lowest BCUT2D eigenvalue weighted by Crippen LogP contribution is -2.49. The number of ether oxygens (including phenoxy) is 2. The van der Waals surface area contributed by atoms with Crippen molar-refractivity contribution in [3.05, 3.63) is 53.6 Å². The van der Waals surface area contributed by atoms with E-state index in [2.05, 4.69) is 36.1 Å². The number of hydrogen-bond acceptors (Lipinski definition) is 4. The van der Waals surface area contributed by atoms with Crippen molar-refractivity contribution in [1.29, 1.82) is 0 Å². The first-order chi connectivity index (χ1) is 12.1. The van der Waals surface area contributed by atoms with Crippen molar-refractivity contribution >= 4 is 11.6 Å². The van der Waals surface area contributed by atoms with E-state index >= 15 is 0 Å². The molecule has 0 radical (unpaired) electrons. The predicted octanol–water partition coefficient (Wildman–Crippen LogP) is 2.97. The molecule has 0 unspecified atom stereocenters.